The Balaban J connectivity index is 2.43. The van der Waals surface area contributed by atoms with Crippen LogP contribution in [-0.4, -0.2) is 32.1 Å². The highest BCUT2D eigenvalue weighted by molar-refractivity contribution is 5.83. The van der Waals surface area contributed by atoms with E-state index in [2.05, 4.69) is 5.10 Å². The molecule has 1 fully saturated rings. The van der Waals surface area contributed by atoms with Crippen molar-refractivity contribution in [2.24, 2.45) is 7.05 Å². The van der Waals surface area contributed by atoms with Crippen molar-refractivity contribution in [3.05, 3.63) is 17.5 Å². The van der Waals surface area contributed by atoms with Crippen LogP contribution in [0.1, 0.15) is 24.1 Å². The summed E-state index contributed by atoms with van der Waals surface area (Å²) >= 11 is 0. The van der Waals surface area contributed by atoms with Crippen molar-refractivity contribution >= 4 is 5.97 Å². The van der Waals surface area contributed by atoms with E-state index < -0.39 is 17.5 Å². The Morgan fingerprint density at radius 2 is 2.27 bits per heavy atom. The van der Waals surface area contributed by atoms with Gasteiger partial charge in [0.15, 0.2) is 0 Å². The summed E-state index contributed by atoms with van der Waals surface area (Å²) in [5.74, 6) is -0.871. The van der Waals surface area contributed by atoms with E-state index in [1.165, 1.54) is 0 Å². The van der Waals surface area contributed by atoms with E-state index in [4.69, 9.17) is 0 Å². The van der Waals surface area contributed by atoms with Crippen molar-refractivity contribution in [1.82, 2.24) is 9.78 Å². The molecule has 5 heteroatoms. The van der Waals surface area contributed by atoms with Gasteiger partial charge in [-0.25, -0.2) is 0 Å². The third-order valence-electron chi connectivity index (χ3n) is 3.11. The molecule has 0 radical (unpaired) electrons. The molecular formula is C10H14N2O3. The highest BCUT2D eigenvalue weighted by Crippen LogP contribution is 2.45. The molecule has 0 aromatic carbocycles. The summed E-state index contributed by atoms with van der Waals surface area (Å²) in [7, 11) is 1.77. The van der Waals surface area contributed by atoms with Crippen LogP contribution in [0.2, 0.25) is 0 Å². The first-order valence-electron chi connectivity index (χ1n) is 4.88. The summed E-state index contributed by atoms with van der Waals surface area (Å²) in [6.07, 6.45) is 1.81. The minimum absolute atomic E-state index is 0.287. The smallest absolute Gasteiger partial charge is 0.314 e. The quantitative estimate of drug-likeness (QED) is 0.731. The van der Waals surface area contributed by atoms with Gasteiger partial charge in [0.1, 0.15) is 5.41 Å². The zero-order valence-corrected chi connectivity index (χ0v) is 8.77. The normalized spacial score (nSPS) is 29.9. The van der Waals surface area contributed by atoms with Crippen molar-refractivity contribution in [2.75, 3.05) is 0 Å². The third kappa shape index (κ3) is 1.34. The van der Waals surface area contributed by atoms with Gasteiger partial charge in [0.05, 0.1) is 11.8 Å². The van der Waals surface area contributed by atoms with Crippen LogP contribution in [0.15, 0.2) is 6.20 Å². The maximum atomic E-state index is 11.3. The lowest BCUT2D eigenvalue weighted by Crippen LogP contribution is -2.50. The largest absolute Gasteiger partial charge is 0.481 e. The molecule has 0 bridgehead atoms. The Kier molecular flexibility index (Phi) is 2.08. The molecule has 82 valence electrons. The molecular weight excluding hydrogens is 196 g/mol. The lowest BCUT2D eigenvalue weighted by atomic mass is 9.63. The number of aliphatic carboxylic acids is 1. The van der Waals surface area contributed by atoms with E-state index in [1.54, 1.807) is 24.9 Å². The third-order valence-corrected chi connectivity index (χ3v) is 3.11. The van der Waals surface area contributed by atoms with Crippen molar-refractivity contribution in [3.63, 3.8) is 0 Å². The number of rotatable bonds is 2. The van der Waals surface area contributed by atoms with E-state index in [0.29, 0.717) is 0 Å². The second-order valence-corrected chi connectivity index (χ2v) is 4.25. The number of aliphatic hydroxyl groups excluding tert-OH is 1. The lowest BCUT2D eigenvalue weighted by Gasteiger charge is -2.41. The molecule has 2 N–H and O–H groups in total. The fourth-order valence-corrected chi connectivity index (χ4v) is 2.32. The summed E-state index contributed by atoms with van der Waals surface area (Å²) in [4.78, 5) is 11.3. The van der Waals surface area contributed by atoms with E-state index >= 15 is 0 Å². The molecule has 1 heterocycles. The molecule has 15 heavy (non-hydrogen) atoms. The number of nitrogens with zero attached hydrogens (tertiary/aromatic N) is 2. The van der Waals surface area contributed by atoms with Gasteiger partial charge in [-0.2, -0.15) is 5.10 Å². The molecule has 0 amide bonds. The minimum Gasteiger partial charge on any atom is -0.481 e. The first kappa shape index (κ1) is 10.2. The summed E-state index contributed by atoms with van der Waals surface area (Å²) in [6.45, 7) is 1.80. The number of hydrogen-bond donors (Lipinski definition) is 2. The Bertz CT molecular complexity index is 405. The number of aliphatic hydroxyl groups is 1. The first-order chi connectivity index (χ1) is 6.95. The van der Waals surface area contributed by atoms with E-state index in [0.717, 1.165) is 11.3 Å². The predicted octanol–water partition coefficient (Wildman–Crippen LogP) is 0.206. The van der Waals surface area contributed by atoms with Gasteiger partial charge in [0, 0.05) is 18.8 Å². The summed E-state index contributed by atoms with van der Waals surface area (Å²) in [6, 6.07) is 0. The van der Waals surface area contributed by atoms with Crippen LogP contribution in [0.4, 0.5) is 0 Å². The zero-order valence-electron chi connectivity index (χ0n) is 8.77. The molecule has 1 saturated carbocycles. The highest BCUT2D eigenvalue weighted by Gasteiger charge is 2.52. The van der Waals surface area contributed by atoms with Crippen molar-refractivity contribution in [2.45, 2.75) is 31.3 Å². The first-order valence-corrected chi connectivity index (χ1v) is 4.88. The number of carbonyl (C=O) groups is 1. The number of carboxylic acid groups (broad SMARTS) is 1. The lowest BCUT2D eigenvalue weighted by molar-refractivity contribution is -0.153. The Morgan fingerprint density at radius 3 is 2.60 bits per heavy atom. The van der Waals surface area contributed by atoms with Gasteiger partial charge < -0.3 is 10.2 Å². The number of aromatic nitrogens is 2. The average Bonchev–Trinajstić information content (AvgIpc) is 2.39. The Labute approximate surface area is 87.3 Å². The summed E-state index contributed by atoms with van der Waals surface area (Å²) < 4.78 is 1.61. The van der Waals surface area contributed by atoms with E-state index in [9.17, 15) is 15.0 Å². The number of carboxylic acids is 1. The van der Waals surface area contributed by atoms with Crippen molar-refractivity contribution in [3.8, 4) is 0 Å². The van der Waals surface area contributed by atoms with Crippen LogP contribution < -0.4 is 0 Å². The molecule has 0 aliphatic heterocycles. The zero-order chi connectivity index (χ0) is 11.2. The summed E-state index contributed by atoms with van der Waals surface area (Å²) in [5.41, 5.74) is 0.534. The van der Waals surface area contributed by atoms with Crippen molar-refractivity contribution in [1.29, 1.82) is 0 Å². The number of aryl methyl sites for hydroxylation is 2. The van der Waals surface area contributed by atoms with Crippen LogP contribution in [0.5, 0.6) is 0 Å². The fourth-order valence-electron chi connectivity index (χ4n) is 2.32. The molecule has 0 atom stereocenters. The highest BCUT2D eigenvalue weighted by atomic mass is 16.4. The van der Waals surface area contributed by atoms with Crippen LogP contribution in [0.3, 0.4) is 0 Å². The second-order valence-electron chi connectivity index (χ2n) is 4.25. The molecule has 0 spiro atoms. The molecule has 0 saturated heterocycles. The predicted molar refractivity (Wildman–Crippen MR) is 52.5 cm³/mol. The molecule has 1 aliphatic rings. The van der Waals surface area contributed by atoms with Gasteiger partial charge in [-0.15, -0.1) is 0 Å². The van der Waals surface area contributed by atoms with E-state index in [-0.39, 0.29) is 12.8 Å². The van der Waals surface area contributed by atoms with Crippen LogP contribution >= 0.6 is 0 Å². The topological polar surface area (TPSA) is 75.4 Å². The number of hydrogen-bond acceptors (Lipinski definition) is 3. The fraction of sp³-hybridized carbons (Fsp3) is 0.600. The van der Waals surface area contributed by atoms with Crippen molar-refractivity contribution < 1.29 is 15.0 Å². The van der Waals surface area contributed by atoms with Crippen LogP contribution in [0.25, 0.3) is 0 Å². The maximum Gasteiger partial charge on any atom is 0.314 e. The summed E-state index contributed by atoms with van der Waals surface area (Å²) in [5, 5.41) is 22.7. The van der Waals surface area contributed by atoms with Gasteiger partial charge in [0.2, 0.25) is 0 Å². The molecule has 2 rings (SSSR count). The molecule has 0 unspecified atom stereocenters. The van der Waals surface area contributed by atoms with Gasteiger partial charge in [-0.05, 0) is 19.8 Å². The monoisotopic (exact) mass is 210 g/mol. The van der Waals surface area contributed by atoms with Gasteiger partial charge >= 0.3 is 5.97 Å². The average molecular weight is 210 g/mol. The molecule has 1 aliphatic carbocycles. The van der Waals surface area contributed by atoms with Gasteiger partial charge in [-0.3, -0.25) is 9.48 Å². The molecule has 1 aromatic heterocycles. The molecule has 5 nitrogen and oxygen atoms in total. The standard InChI is InChI=1S/C10H14N2O3/c1-6-8(5-12(2)11-6)10(9(14)15)3-7(13)4-10/h5,7,13H,3-4H2,1-2H3,(H,14,15). The Morgan fingerprint density at radius 1 is 1.67 bits per heavy atom. The van der Waals surface area contributed by atoms with Gasteiger partial charge in [-0.1, -0.05) is 0 Å². The second kappa shape index (κ2) is 3.06. The minimum atomic E-state index is -0.919. The maximum absolute atomic E-state index is 11.3. The van der Waals surface area contributed by atoms with Crippen LogP contribution in [-0.2, 0) is 17.3 Å². The van der Waals surface area contributed by atoms with Crippen LogP contribution in [0, 0.1) is 6.92 Å². The Hall–Kier alpha value is -1.36. The SMILES string of the molecule is Cc1nn(C)cc1C1(C(=O)O)CC(O)C1. The van der Waals surface area contributed by atoms with Gasteiger partial charge in [0.25, 0.3) is 0 Å². The molecule has 1 aromatic rings. The van der Waals surface area contributed by atoms with E-state index in [1.807, 2.05) is 0 Å².